The minimum Gasteiger partial charge on any atom is -0.383 e. The van der Waals surface area contributed by atoms with Gasteiger partial charge in [0.25, 0.3) is 0 Å². The van der Waals surface area contributed by atoms with E-state index < -0.39 is 0 Å². The first-order chi connectivity index (χ1) is 5.40. The molecule has 0 unspecified atom stereocenters. The molecule has 2 rings (SSSR count). The Balaban J connectivity index is 2.06. The van der Waals surface area contributed by atoms with Crippen LogP contribution >= 0.6 is 0 Å². The van der Waals surface area contributed by atoms with Gasteiger partial charge in [0.05, 0.1) is 17.9 Å². The summed E-state index contributed by atoms with van der Waals surface area (Å²) in [6, 6.07) is 0.697. The summed E-state index contributed by atoms with van der Waals surface area (Å²) in [7, 11) is 0. The lowest BCUT2D eigenvalue weighted by Gasteiger charge is -1.95. The predicted octanol–water partition coefficient (Wildman–Crippen LogP) is 1.65. The molecule has 3 nitrogen and oxygen atoms in total. The van der Waals surface area contributed by atoms with E-state index in [1.165, 1.54) is 12.8 Å². The van der Waals surface area contributed by atoms with E-state index in [-0.39, 0.29) is 0 Å². The molecule has 0 spiro atoms. The van der Waals surface area contributed by atoms with Crippen molar-refractivity contribution in [1.29, 1.82) is 0 Å². The molecule has 0 atom stereocenters. The van der Waals surface area contributed by atoms with E-state index in [0.29, 0.717) is 6.04 Å². The van der Waals surface area contributed by atoms with Gasteiger partial charge in [-0.2, -0.15) is 5.10 Å². The van der Waals surface area contributed by atoms with Crippen molar-refractivity contribution in [3.8, 4) is 0 Å². The molecule has 0 aromatic carbocycles. The van der Waals surface area contributed by atoms with E-state index in [0.717, 1.165) is 12.2 Å². The summed E-state index contributed by atoms with van der Waals surface area (Å²) >= 11 is 0. The predicted molar refractivity (Wildman–Crippen MR) is 44.7 cm³/mol. The van der Waals surface area contributed by atoms with E-state index in [1.54, 1.807) is 0 Å². The number of hydrogen-bond donors (Lipinski definition) is 1. The maximum absolute atomic E-state index is 4.25. The van der Waals surface area contributed by atoms with Gasteiger partial charge < -0.3 is 5.32 Å². The van der Waals surface area contributed by atoms with Gasteiger partial charge in [-0.1, -0.05) is 0 Å². The number of nitrogens with zero attached hydrogens (tertiary/aromatic N) is 2. The molecule has 0 aliphatic heterocycles. The molecule has 1 aromatic rings. The van der Waals surface area contributed by atoms with Crippen LogP contribution in [0.3, 0.4) is 0 Å². The normalized spacial score (nSPS) is 16.8. The molecule has 1 aromatic heterocycles. The van der Waals surface area contributed by atoms with Gasteiger partial charge in [0.2, 0.25) is 0 Å². The summed E-state index contributed by atoms with van der Waals surface area (Å²) in [5.74, 6) is 0. The van der Waals surface area contributed by atoms with Crippen molar-refractivity contribution in [2.45, 2.75) is 25.8 Å². The van der Waals surface area contributed by atoms with Crippen molar-refractivity contribution in [3.63, 3.8) is 0 Å². The topological polar surface area (TPSA) is 29.9 Å². The van der Waals surface area contributed by atoms with Crippen LogP contribution in [0.5, 0.6) is 0 Å². The fourth-order valence-electron chi connectivity index (χ4n) is 1.17. The Hall–Kier alpha value is -0.990. The molecular weight excluding hydrogens is 138 g/mol. The van der Waals surface area contributed by atoms with Crippen molar-refractivity contribution < 1.29 is 0 Å². The van der Waals surface area contributed by atoms with Crippen LogP contribution in [0.25, 0.3) is 0 Å². The number of anilines is 1. The highest BCUT2D eigenvalue weighted by atomic mass is 15.3. The van der Waals surface area contributed by atoms with Gasteiger partial charge in [-0.05, 0) is 19.8 Å². The smallest absolute Gasteiger partial charge is 0.0726 e. The van der Waals surface area contributed by atoms with Crippen molar-refractivity contribution in [2.75, 3.05) is 11.9 Å². The molecule has 1 heterocycles. The van der Waals surface area contributed by atoms with E-state index in [4.69, 9.17) is 0 Å². The fourth-order valence-corrected chi connectivity index (χ4v) is 1.17. The molecular formula is C8H13N3. The van der Waals surface area contributed by atoms with Crippen LogP contribution in [-0.2, 0) is 0 Å². The molecule has 1 fully saturated rings. The van der Waals surface area contributed by atoms with Crippen LogP contribution < -0.4 is 5.32 Å². The van der Waals surface area contributed by atoms with Gasteiger partial charge in [-0.25, -0.2) is 0 Å². The largest absolute Gasteiger partial charge is 0.383 e. The lowest BCUT2D eigenvalue weighted by molar-refractivity contribution is 0.642. The lowest BCUT2D eigenvalue weighted by atomic mass is 10.5. The summed E-state index contributed by atoms with van der Waals surface area (Å²) in [4.78, 5) is 0. The first kappa shape index (κ1) is 6.70. The first-order valence-electron chi connectivity index (χ1n) is 4.18. The molecule has 1 aliphatic carbocycles. The highest BCUT2D eigenvalue weighted by Gasteiger charge is 2.23. The van der Waals surface area contributed by atoms with Crippen molar-refractivity contribution in [1.82, 2.24) is 9.78 Å². The standard InChI is InChI=1S/C8H13N3/c1-2-9-7-5-10-11(6-7)8-3-4-8/h5-6,8-9H,2-4H2,1H3. The molecule has 1 saturated carbocycles. The number of hydrogen-bond acceptors (Lipinski definition) is 2. The third-order valence-electron chi connectivity index (χ3n) is 1.90. The van der Waals surface area contributed by atoms with Gasteiger partial charge in [0, 0.05) is 12.7 Å². The summed E-state index contributed by atoms with van der Waals surface area (Å²) in [6.45, 7) is 3.06. The second kappa shape index (κ2) is 2.57. The maximum atomic E-state index is 4.25. The zero-order valence-electron chi connectivity index (χ0n) is 6.75. The van der Waals surface area contributed by atoms with Crippen molar-refractivity contribution in [3.05, 3.63) is 12.4 Å². The molecule has 0 amide bonds. The molecule has 60 valence electrons. The monoisotopic (exact) mass is 151 g/mol. The summed E-state index contributed by atoms with van der Waals surface area (Å²) in [5, 5.41) is 7.48. The van der Waals surface area contributed by atoms with Crippen LogP contribution in [0.2, 0.25) is 0 Å². The van der Waals surface area contributed by atoms with Crippen LogP contribution in [0, 0.1) is 0 Å². The Morgan fingerprint density at radius 3 is 3.18 bits per heavy atom. The van der Waals surface area contributed by atoms with Crippen LogP contribution in [0.1, 0.15) is 25.8 Å². The second-order valence-corrected chi connectivity index (χ2v) is 2.97. The zero-order valence-corrected chi connectivity index (χ0v) is 6.75. The highest BCUT2D eigenvalue weighted by Crippen LogP contribution is 2.34. The molecule has 1 N–H and O–H groups in total. The second-order valence-electron chi connectivity index (χ2n) is 2.97. The van der Waals surface area contributed by atoms with Gasteiger partial charge in [0.1, 0.15) is 0 Å². The SMILES string of the molecule is CCNc1cnn(C2CC2)c1. The van der Waals surface area contributed by atoms with Gasteiger partial charge in [-0.15, -0.1) is 0 Å². The van der Waals surface area contributed by atoms with E-state index in [2.05, 4.69) is 28.2 Å². The van der Waals surface area contributed by atoms with Gasteiger partial charge >= 0.3 is 0 Å². The Morgan fingerprint density at radius 1 is 1.73 bits per heavy atom. The molecule has 1 aliphatic rings. The number of nitrogens with one attached hydrogen (secondary N) is 1. The lowest BCUT2D eigenvalue weighted by Crippen LogP contribution is -1.95. The molecule has 0 radical (unpaired) electrons. The molecule has 0 saturated heterocycles. The third kappa shape index (κ3) is 1.37. The Bertz CT molecular complexity index is 237. The minimum absolute atomic E-state index is 0.697. The summed E-state index contributed by atoms with van der Waals surface area (Å²) in [5.41, 5.74) is 1.14. The van der Waals surface area contributed by atoms with Crippen molar-refractivity contribution >= 4 is 5.69 Å². The Kier molecular flexibility index (Phi) is 1.56. The number of rotatable bonds is 3. The first-order valence-corrected chi connectivity index (χ1v) is 4.18. The van der Waals surface area contributed by atoms with Gasteiger partial charge in [-0.3, -0.25) is 4.68 Å². The Labute approximate surface area is 66.4 Å². The van der Waals surface area contributed by atoms with Crippen molar-refractivity contribution in [2.24, 2.45) is 0 Å². The maximum Gasteiger partial charge on any atom is 0.0726 e. The summed E-state index contributed by atoms with van der Waals surface area (Å²) in [6.07, 6.45) is 6.57. The van der Waals surface area contributed by atoms with Crippen LogP contribution in [-0.4, -0.2) is 16.3 Å². The minimum atomic E-state index is 0.697. The third-order valence-corrected chi connectivity index (χ3v) is 1.90. The summed E-state index contributed by atoms with van der Waals surface area (Å²) < 4.78 is 2.05. The van der Waals surface area contributed by atoms with Crippen LogP contribution in [0.15, 0.2) is 12.4 Å². The quantitative estimate of drug-likeness (QED) is 0.711. The number of aromatic nitrogens is 2. The van der Waals surface area contributed by atoms with E-state index >= 15 is 0 Å². The fraction of sp³-hybridized carbons (Fsp3) is 0.625. The van der Waals surface area contributed by atoms with E-state index in [1.807, 2.05) is 6.20 Å². The van der Waals surface area contributed by atoms with Gasteiger partial charge in [0.15, 0.2) is 0 Å². The van der Waals surface area contributed by atoms with Crippen LogP contribution in [0.4, 0.5) is 5.69 Å². The highest BCUT2D eigenvalue weighted by molar-refractivity contribution is 5.37. The molecule has 11 heavy (non-hydrogen) atoms. The zero-order chi connectivity index (χ0) is 7.68. The molecule has 0 bridgehead atoms. The van der Waals surface area contributed by atoms with E-state index in [9.17, 15) is 0 Å². The molecule has 3 heteroatoms. The average molecular weight is 151 g/mol. The Morgan fingerprint density at radius 2 is 2.55 bits per heavy atom. The average Bonchev–Trinajstić information content (AvgIpc) is 2.75.